The van der Waals surface area contributed by atoms with Gasteiger partial charge in [0.2, 0.25) is 0 Å². The average Bonchev–Trinajstić information content (AvgIpc) is 2.62. The summed E-state index contributed by atoms with van der Waals surface area (Å²) in [4.78, 5) is 37.6. The van der Waals surface area contributed by atoms with Crippen LogP contribution in [-0.4, -0.2) is 42.1 Å². The Morgan fingerprint density at radius 2 is 0.917 bits per heavy atom. The quantitative estimate of drug-likeness (QED) is 0.746. The molecular weight excluding hydrogens is 312 g/mol. The summed E-state index contributed by atoms with van der Waals surface area (Å²) >= 11 is 0. The van der Waals surface area contributed by atoms with Crippen LogP contribution in [-0.2, 0) is 0 Å². The maximum atomic E-state index is 10.8. The van der Waals surface area contributed by atoms with Crippen molar-refractivity contribution in [3.05, 3.63) is 60.2 Å². The third-order valence-electron chi connectivity index (χ3n) is 3.20. The van der Waals surface area contributed by atoms with Crippen LogP contribution < -0.4 is 0 Å². The first-order valence-corrected chi connectivity index (χ1v) is 6.76. The minimum Gasteiger partial charge on any atom is -0.478 e. The highest BCUT2D eigenvalue weighted by Crippen LogP contribution is 2.20. The molecule has 0 saturated heterocycles. The summed E-state index contributed by atoms with van der Waals surface area (Å²) in [6.07, 6.45) is 4.97. The van der Waals surface area contributed by atoms with Crippen molar-refractivity contribution in [3.63, 3.8) is 0 Å². The van der Waals surface area contributed by atoms with Crippen LogP contribution in [0, 0.1) is 0 Å². The molecule has 0 radical (unpaired) electrons. The molecule has 0 fully saturated rings. The van der Waals surface area contributed by atoms with E-state index in [9.17, 15) is 9.59 Å². The van der Waals surface area contributed by atoms with Gasteiger partial charge in [-0.15, -0.1) is 0 Å². The van der Waals surface area contributed by atoms with E-state index in [-0.39, 0.29) is 11.1 Å². The molecule has 118 valence electrons. The molecule has 2 N–H and O–H groups in total. The van der Waals surface area contributed by atoms with Crippen molar-refractivity contribution in [1.29, 1.82) is 0 Å². The molecule has 3 aromatic rings. The second-order valence-corrected chi connectivity index (χ2v) is 4.78. The lowest BCUT2D eigenvalue weighted by molar-refractivity contribution is 0.0685. The van der Waals surface area contributed by atoms with Gasteiger partial charge in [0.05, 0.1) is 11.1 Å². The van der Waals surface area contributed by atoms with Crippen molar-refractivity contribution in [2.75, 3.05) is 0 Å². The monoisotopic (exact) mass is 322 g/mol. The summed E-state index contributed by atoms with van der Waals surface area (Å²) < 4.78 is 0. The third-order valence-corrected chi connectivity index (χ3v) is 3.20. The van der Waals surface area contributed by atoms with Crippen molar-refractivity contribution in [1.82, 2.24) is 19.9 Å². The summed E-state index contributed by atoms with van der Waals surface area (Å²) in [5, 5.41) is 17.7. The van der Waals surface area contributed by atoms with E-state index in [4.69, 9.17) is 10.2 Å². The van der Waals surface area contributed by atoms with Crippen molar-refractivity contribution < 1.29 is 19.8 Å². The predicted octanol–water partition coefficient (Wildman–Crippen LogP) is 2.00. The highest BCUT2D eigenvalue weighted by atomic mass is 16.4. The first-order chi connectivity index (χ1) is 11.5. The Morgan fingerprint density at radius 1 is 0.625 bits per heavy atom. The van der Waals surface area contributed by atoms with E-state index in [1.165, 1.54) is 24.8 Å². The molecule has 0 bridgehead atoms. The first kappa shape index (κ1) is 15.2. The smallest absolute Gasteiger partial charge is 0.338 e. The van der Waals surface area contributed by atoms with E-state index >= 15 is 0 Å². The molecule has 2 heterocycles. The lowest BCUT2D eigenvalue weighted by Gasteiger charge is -2.03. The van der Waals surface area contributed by atoms with Gasteiger partial charge in [-0.1, -0.05) is 24.3 Å². The van der Waals surface area contributed by atoms with Crippen molar-refractivity contribution in [3.8, 4) is 22.8 Å². The van der Waals surface area contributed by atoms with Gasteiger partial charge in [0.15, 0.2) is 11.6 Å². The lowest BCUT2D eigenvalue weighted by Crippen LogP contribution is -2.00. The number of carboxylic acids is 2. The van der Waals surface area contributed by atoms with Gasteiger partial charge in [-0.2, -0.15) is 0 Å². The summed E-state index contributed by atoms with van der Waals surface area (Å²) in [5.41, 5.74) is 1.44. The maximum absolute atomic E-state index is 10.8. The van der Waals surface area contributed by atoms with Gasteiger partial charge in [-0.05, 0) is 0 Å². The van der Waals surface area contributed by atoms with Gasteiger partial charge in [0.1, 0.15) is 0 Å². The van der Waals surface area contributed by atoms with Crippen LogP contribution in [0.2, 0.25) is 0 Å². The Hall–Kier alpha value is -3.68. The molecular formula is C16H10N4O4. The number of aromatic nitrogens is 4. The summed E-state index contributed by atoms with van der Waals surface area (Å²) in [5.74, 6) is -1.37. The van der Waals surface area contributed by atoms with Gasteiger partial charge in [0, 0.05) is 35.9 Å². The normalized spacial score (nSPS) is 10.3. The number of aromatic carboxylic acids is 2. The van der Waals surface area contributed by atoms with Crippen molar-refractivity contribution in [2.45, 2.75) is 0 Å². The zero-order valence-corrected chi connectivity index (χ0v) is 12.1. The minimum atomic E-state index is -1.08. The molecule has 8 nitrogen and oxygen atoms in total. The molecule has 0 atom stereocenters. The molecule has 24 heavy (non-hydrogen) atoms. The fraction of sp³-hybridized carbons (Fsp3) is 0. The van der Waals surface area contributed by atoms with E-state index in [1.807, 2.05) is 0 Å². The largest absolute Gasteiger partial charge is 0.478 e. The molecule has 1 aromatic carbocycles. The third kappa shape index (κ3) is 3.07. The first-order valence-electron chi connectivity index (χ1n) is 6.76. The van der Waals surface area contributed by atoms with Crippen LogP contribution in [0.25, 0.3) is 22.8 Å². The molecule has 8 heteroatoms. The Balaban J connectivity index is 1.84. The van der Waals surface area contributed by atoms with Gasteiger partial charge in [-0.25, -0.2) is 29.5 Å². The molecule has 0 aliphatic rings. The van der Waals surface area contributed by atoms with Crippen LogP contribution in [0.15, 0.2) is 49.1 Å². The molecule has 0 aliphatic heterocycles. The SMILES string of the molecule is O=C(O)c1cnc(-c2ccc(-c3ncc(C(=O)O)cn3)cc2)nc1. The predicted molar refractivity (Wildman–Crippen MR) is 82.4 cm³/mol. The topological polar surface area (TPSA) is 126 Å². The number of carboxylic acid groups (broad SMARTS) is 2. The molecule has 0 unspecified atom stereocenters. The molecule has 0 saturated carbocycles. The highest BCUT2D eigenvalue weighted by molar-refractivity contribution is 5.87. The molecule has 3 rings (SSSR count). The number of rotatable bonds is 4. The van der Waals surface area contributed by atoms with Crippen LogP contribution in [0.1, 0.15) is 20.7 Å². The molecule has 0 spiro atoms. The van der Waals surface area contributed by atoms with Crippen LogP contribution in [0.5, 0.6) is 0 Å². The Bertz CT molecular complexity index is 814. The molecule has 0 amide bonds. The van der Waals surface area contributed by atoms with E-state index in [2.05, 4.69) is 19.9 Å². The van der Waals surface area contributed by atoms with Crippen molar-refractivity contribution >= 4 is 11.9 Å². The van der Waals surface area contributed by atoms with Gasteiger partial charge < -0.3 is 10.2 Å². The molecule has 0 aliphatic carbocycles. The Morgan fingerprint density at radius 3 is 1.17 bits per heavy atom. The zero-order valence-electron chi connectivity index (χ0n) is 12.1. The number of carbonyl (C=O) groups is 2. The number of hydrogen-bond donors (Lipinski definition) is 2. The summed E-state index contributed by atoms with van der Waals surface area (Å²) in [6.45, 7) is 0. The Labute approximate surface area is 135 Å². The lowest BCUT2D eigenvalue weighted by atomic mass is 10.1. The van der Waals surface area contributed by atoms with E-state index in [0.717, 1.165) is 0 Å². The van der Waals surface area contributed by atoms with Gasteiger partial charge in [0.25, 0.3) is 0 Å². The van der Waals surface area contributed by atoms with E-state index < -0.39 is 11.9 Å². The van der Waals surface area contributed by atoms with E-state index in [1.54, 1.807) is 24.3 Å². The average molecular weight is 322 g/mol. The van der Waals surface area contributed by atoms with Crippen molar-refractivity contribution in [2.24, 2.45) is 0 Å². The van der Waals surface area contributed by atoms with Gasteiger partial charge >= 0.3 is 11.9 Å². The fourth-order valence-corrected chi connectivity index (χ4v) is 1.94. The number of hydrogen-bond acceptors (Lipinski definition) is 6. The summed E-state index contributed by atoms with van der Waals surface area (Å²) in [7, 11) is 0. The van der Waals surface area contributed by atoms with Crippen LogP contribution >= 0.6 is 0 Å². The van der Waals surface area contributed by atoms with Crippen LogP contribution in [0.4, 0.5) is 0 Å². The van der Waals surface area contributed by atoms with Gasteiger partial charge in [-0.3, -0.25) is 0 Å². The zero-order chi connectivity index (χ0) is 17.1. The van der Waals surface area contributed by atoms with E-state index in [0.29, 0.717) is 22.8 Å². The van der Waals surface area contributed by atoms with Crippen LogP contribution in [0.3, 0.4) is 0 Å². The molecule has 2 aromatic heterocycles. The fourth-order valence-electron chi connectivity index (χ4n) is 1.94. The number of benzene rings is 1. The minimum absolute atomic E-state index is 0.0160. The second-order valence-electron chi connectivity index (χ2n) is 4.78. The standard InChI is InChI=1S/C16H10N4O4/c21-15(22)11-5-17-13(18-6-11)9-1-2-10(4-3-9)14-19-7-12(8-20-14)16(23)24/h1-8H,(H,21,22)(H,23,24). The maximum Gasteiger partial charge on any atom is 0.338 e. The number of nitrogens with zero attached hydrogens (tertiary/aromatic N) is 4. The Kier molecular flexibility index (Phi) is 3.94. The second kappa shape index (κ2) is 6.21. The summed E-state index contributed by atoms with van der Waals surface area (Å²) in [6, 6.07) is 7.00. The highest BCUT2D eigenvalue weighted by Gasteiger charge is 2.08.